The number of hydrogen-bond acceptors (Lipinski definition) is 5. The molecule has 3 aromatic carbocycles. The van der Waals surface area contributed by atoms with Gasteiger partial charge < -0.3 is 0 Å². The summed E-state index contributed by atoms with van der Waals surface area (Å²) >= 11 is 3.44. The maximum absolute atomic E-state index is 13.6. The van der Waals surface area contributed by atoms with Gasteiger partial charge in [-0.1, -0.05) is 30.3 Å². The zero-order valence-corrected chi connectivity index (χ0v) is 19.4. The molecule has 0 radical (unpaired) electrons. The van der Waals surface area contributed by atoms with Gasteiger partial charge in [-0.3, -0.25) is 4.79 Å². The maximum Gasteiger partial charge on any atom is 0.196 e. The fourth-order valence-corrected chi connectivity index (χ4v) is 6.83. The molecule has 1 aromatic heterocycles. The molecule has 0 atom stereocenters. The Hall–Kier alpha value is -2.41. The molecule has 3 nitrogen and oxygen atoms in total. The van der Waals surface area contributed by atoms with E-state index in [0.717, 1.165) is 39.3 Å². The zero-order chi connectivity index (χ0) is 21.6. The predicted octanol–water partition coefficient (Wildman–Crippen LogP) is 6.04. The van der Waals surface area contributed by atoms with Crippen LogP contribution in [0.1, 0.15) is 12.0 Å². The molecule has 6 heteroatoms. The number of hydrogen-bond donors (Lipinski definition) is 0. The van der Waals surface area contributed by atoms with E-state index in [-0.39, 0.29) is 10.3 Å². The number of rotatable bonds is 3. The highest BCUT2D eigenvalue weighted by Crippen LogP contribution is 2.39. The molecule has 0 aliphatic carbocycles. The average molecular weight is 465 g/mol. The standard InChI is InChI=1S/C25H20O3S3/c1-31(27,28)19-11-8-16(9-12-19)25-23(24(26)20-6-2-3-7-22(20)30-25)18-10-13-21-17(15-18)5-4-14-29-21/h2-3,6-13,15H,4-5,14H2,1H3. The lowest BCUT2D eigenvalue weighted by molar-refractivity contribution is 0.602. The second kappa shape index (κ2) is 7.93. The van der Waals surface area contributed by atoms with E-state index in [9.17, 15) is 13.2 Å². The molecule has 0 bridgehead atoms. The summed E-state index contributed by atoms with van der Waals surface area (Å²) in [7, 11) is -3.28. The predicted molar refractivity (Wildman–Crippen MR) is 131 cm³/mol. The Labute approximate surface area is 189 Å². The van der Waals surface area contributed by atoms with Gasteiger partial charge in [0.05, 0.1) is 4.90 Å². The first kappa shape index (κ1) is 20.5. The third kappa shape index (κ3) is 3.84. The van der Waals surface area contributed by atoms with E-state index < -0.39 is 9.84 Å². The van der Waals surface area contributed by atoms with Gasteiger partial charge in [-0.15, -0.1) is 23.1 Å². The van der Waals surface area contributed by atoms with E-state index in [0.29, 0.717) is 10.9 Å². The minimum atomic E-state index is -3.28. The fourth-order valence-electron chi connectivity index (χ4n) is 3.98. The van der Waals surface area contributed by atoms with Crippen LogP contribution < -0.4 is 5.43 Å². The van der Waals surface area contributed by atoms with Gasteiger partial charge >= 0.3 is 0 Å². The van der Waals surface area contributed by atoms with Gasteiger partial charge in [0.25, 0.3) is 0 Å². The highest BCUT2D eigenvalue weighted by molar-refractivity contribution is 7.99. The zero-order valence-electron chi connectivity index (χ0n) is 16.9. The van der Waals surface area contributed by atoms with Crippen molar-refractivity contribution in [2.24, 2.45) is 0 Å². The Morgan fingerprint density at radius 3 is 2.42 bits per heavy atom. The van der Waals surface area contributed by atoms with Gasteiger partial charge in [0.15, 0.2) is 15.3 Å². The van der Waals surface area contributed by atoms with Gasteiger partial charge in [-0.25, -0.2) is 8.42 Å². The summed E-state index contributed by atoms with van der Waals surface area (Å²) in [5.74, 6) is 1.13. The van der Waals surface area contributed by atoms with Gasteiger partial charge in [-0.2, -0.15) is 0 Å². The van der Waals surface area contributed by atoms with Gasteiger partial charge in [0, 0.05) is 31.7 Å². The highest BCUT2D eigenvalue weighted by Gasteiger charge is 2.19. The Morgan fingerprint density at radius 1 is 0.903 bits per heavy atom. The van der Waals surface area contributed by atoms with Gasteiger partial charge in [0.1, 0.15) is 0 Å². The quantitative estimate of drug-likeness (QED) is 0.371. The van der Waals surface area contributed by atoms with Crippen molar-refractivity contribution in [1.82, 2.24) is 0 Å². The second-order valence-corrected chi connectivity index (χ2v) is 11.9. The van der Waals surface area contributed by atoms with E-state index in [1.54, 1.807) is 35.6 Å². The number of fused-ring (bicyclic) bond motifs is 2. The summed E-state index contributed by atoms with van der Waals surface area (Å²) in [5, 5.41) is 0.714. The minimum Gasteiger partial charge on any atom is -0.288 e. The topological polar surface area (TPSA) is 51.2 Å². The number of aryl methyl sites for hydroxylation is 1. The van der Waals surface area contributed by atoms with Crippen molar-refractivity contribution in [2.45, 2.75) is 22.6 Å². The summed E-state index contributed by atoms with van der Waals surface area (Å²) in [6.07, 6.45) is 3.37. The van der Waals surface area contributed by atoms with Crippen LogP contribution in [0.2, 0.25) is 0 Å². The lowest BCUT2D eigenvalue weighted by Crippen LogP contribution is -2.07. The molecular weight excluding hydrogens is 444 g/mol. The third-order valence-electron chi connectivity index (χ3n) is 5.54. The summed E-state index contributed by atoms with van der Waals surface area (Å²) in [6, 6.07) is 20.8. The Morgan fingerprint density at radius 2 is 1.65 bits per heavy atom. The molecule has 1 aliphatic heterocycles. The summed E-state index contributed by atoms with van der Waals surface area (Å²) in [5.41, 5.74) is 3.77. The molecule has 0 N–H and O–H groups in total. The molecule has 0 saturated heterocycles. The fraction of sp³-hybridized carbons (Fsp3) is 0.160. The Kier molecular flexibility index (Phi) is 5.24. The van der Waals surface area contributed by atoms with Crippen molar-refractivity contribution in [1.29, 1.82) is 0 Å². The lowest BCUT2D eigenvalue weighted by Gasteiger charge is -2.17. The Bertz CT molecular complexity index is 1470. The third-order valence-corrected chi connectivity index (χ3v) is 9.09. The van der Waals surface area contributed by atoms with Crippen molar-refractivity contribution >= 4 is 43.0 Å². The molecular formula is C25H20O3S3. The molecule has 1 aliphatic rings. The number of thioether (sulfide) groups is 1. The van der Waals surface area contributed by atoms with Crippen LogP contribution in [0.25, 0.3) is 31.7 Å². The van der Waals surface area contributed by atoms with Crippen molar-refractivity contribution in [3.05, 3.63) is 82.5 Å². The summed E-state index contributed by atoms with van der Waals surface area (Å²) < 4.78 is 24.7. The van der Waals surface area contributed by atoms with Crippen molar-refractivity contribution < 1.29 is 8.42 Å². The molecule has 4 aromatic rings. The van der Waals surface area contributed by atoms with Crippen LogP contribution in [0.5, 0.6) is 0 Å². The van der Waals surface area contributed by atoms with Crippen molar-refractivity contribution in [2.75, 3.05) is 12.0 Å². The maximum atomic E-state index is 13.6. The molecule has 0 saturated carbocycles. The van der Waals surface area contributed by atoms with Crippen LogP contribution in [0.3, 0.4) is 0 Å². The molecule has 2 heterocycles. The number of sulfone groups is 1. The van der Waals surface area contributed by atoms with Crippen LogP contribution in [0.4, 0.5) is 0 Å². The SMILES string of the molecule is CS(=O)(=O)c1ccc(-c2sc3ccccc3c(=O)c2-c2ccc3c(c2)CCCS3)cc1. The average Bonchev–Trinajstić information content (AvgIpc) is 2.78. The highest BCUT2D eigenvalue weighted by atomic mass is 32.2. The van der Waals surface area contributed by atoms with Gasteiger partial charge in [-0.05, 0) is 71.7 Å². The monoisotopic (exact) mass is 464 g/mol. The van der Waals surface area contributed by atoms with E-state index in [4.69, 9.17) is 0 Å². The van der Waals surface area contributed by atoms with Crippen LogP contribution >= 0.6 is 23.1 Å². The summed E-state index contributed by atoms with van der Waals surface area (Å²) in [6.45, 7) is 0. The van der Waals surface area contributed by atoms with Crippen LogP contribution in [0.15, 0.2) is 81.3 Å². The van der Waals surface area contributed by atoms with Gasteiger partial charge in [0.2, 0.25) is 0 Å². The lowest BCUT2D eigenvalue weighted by atomic mass is 9.97. The first-order valence-corrected chi connectivity index (χ1v) is 13.7. The largest absolute Gasteiger partial charge is 0.288 e. The van der Waals surface area contributed by atoms with E-state index in [1.807, 2.05) is 42.1 Å². The molecule has 0 unspecified atom stereocenters. The first-order valence-electron chi connectivity index (χ1n) is 10.0. The normalized spacial score (nSPS) is 13.8. The number of benzene rings is 3. The van der Waals surface area contributed by atoms with Crippen molar-refractivity contribution in [3.8, 4) is 21.6 Å². The summed E-state index contributed by atoms with van der Waals surface area (Å²) in [4.78, 5) is 16.1. The second-order valence-electron chi connectivity index (χ2n) is 7.70. The van der Waals surface area contributed by atoms with Crippen molar-refractivity contribution in [3.63, 3.8) is 0 Å². The molecule has 0 amide bonds. The van der Waals surface area contributed by atoms with E-state index >= 15 is 0 Å². The molecule has 0 fully saturated rings. The Balaban J connectivity index is 1.77. The first-order chi connectivity index (χ1) is 14.9. The molecule has 5 rings (SSSR count). The van der Waals surface area contributed by atoms with E-state index in [1.165, 1.54) is 16.7 Å². The van der Waals surface area contributed by atoms with Crippen LogP contribution in [0, 0.1) is 0 Å². The van der Waals surface area contributed by atoms with Crippen LogP contribution in [-0.4, -0.2) is 20.4 Å². The van der Waals surface area contributed by atoms with E-state index in [2.05, 4.69) is 12.1 Å². The molecule has 156 valence electrons. The minimum absolute atomic E-state index is 0.0138. The molecule has 31 heavy (non-hydrogen) atoms. The van der Waals surface area contributed by atoms with Crippen LogP contribution in [-0.2, 0) is 16.3 Å². The molecule has 0 spiro atoms. The smallest absolute Gasteiger partial charge is 0.196 e.